The zero-order valence-corrected chi connectivity index (χ0v) is 16.9. The van der Waals surface area contributed by atoms with Crippen LogP contribution in [-0.2, 0) is 33.5 Å². The highest BCUT2D eigenvalue weighted by atomic mass is 16.5. The highest BCUT2D eigenvalue weighted by Crippen LogP contribution is 2.29. The van der Waals surface area contributed by atoms with Crippen LogP contribution in [0.2, 0.25) is 0 Å². The van der Waals surface area contributed by atoms with E-state index >= 15 is 0 Å². The normalized spacial score (nSPS) is 13.5. The van der Waals surface area contributed by atoms with Crippen LogP contribution in [0.5, 0.6) is 0 Å². The molecule has 0 saturated carbocycles. The van der Waals surface area contributed by atoms with Gasteiger partial charge < -0.3 is 14.0 Å². The summed E-state index contributed by atoms with van der Waals surface area (Å²) in [5.74, 6) is 1.02. The number of aryl methyl sites for hydroxylation is 2. The lowest BCUT2D eigenvalue weighted by Gasteiger charge is -2.27. The fourth-order valence-electron chi connectivity index (χ4n) is 3.98. The minimum atomic E-state index is 0.0123. The molecular weight excluding hydrogens is 380 g/mol. The van der Waals surface area contributed by atoms with Crippen LogP contribution in [0.3, 0.4) is 0 Å². The molecular formula is C22H22N6O2. The lowest BCUT2D eigenvalue weighted by molar-refractivity contribution is 0.0724. The predicted octanol–water partition coefficient (Wildman–Crippen LogP) is 2.60. The molecule has 8 nitrogen and oxygen atoms in total. The summed E-state index contributed by atoms with van der Waals surface area (Å²) in [6.45, 7) is 1.12. The molecule has 4 heterocycles. The number of carbonyl (C=O) groups is 1. The summed E-state index contributed by atoms with van der Waals surface area (Å²) in [4.78, 5) is 19.4. The van der Waals surface area contributed by atoms with Crippen LogP contribution < -0.4 is 0 Å². The van der Waals surface area contributed by atoms with Gasteiger partial charge in [-0.1, -0.05) is 35.5 Å². The van der Waals surface area contributed by atoms with Crippen molar-refractivity contribution in [1.29, 1.82) is 0 Å². The minimum absolute atomic E-state index is 0.0123. The number of nitrogens with zero attached hydrogens (tertiary/aromatic N) is 6. The molecule has 30 heavy (non-hydrogen) atoms. The molecule has 8 heteroatoms. The van der Waals surface area contributed by atoms with Crippen LogP contribution in [-0.4, -0.2) is 41.8 Å². The fourth-order valence-corrected chi connectivity index (χ4v) is 3.98. The van der Waals surface area contributed by atoms with Crippen molar-refractivity contribution in [2.45, 2.75) is 19.4 Å². The highest BCUT2D eigenvalue weighted by molar-refractivity contribution is 5.93. The number of benzene rings is 1. The van der Waals surface area contributed by atoms with E-state index in [-0.39, 0.29) is 5.91 Å². The predicted molar refractivity (Wildman–Crippen MR) is 110 cm³/mol. The largest absolute Gasteiger partial charge is 0.347 e. The first-order valence-corrected chi connectivity index (χ1v) is 9.92. The van der Waals surface area contributed by atoms with Gasteiger partial charge in [0.1, 0.15) is 5.69 Å². The molecule has 1 amide bonds. The van der Waals surface area contributed by atoms with Gasteiger partial charge in [0, 0.05) is 50.9 Å². The molecule has 0 radical (unpaired) electrons. The maximum Gasteiger partial charge on any atom is 0.278 e. The van der Waals surface area contributed by atoms with Crippen molar-refractivity contribution in [1.82, 2.24) is 29.4 Å². The summed E-state index contributed by atoms with van der Waals surface area (Å²) < 4.78 is 9.25. The molecule has 3 aromatic heterocycles. The summed E-state index contributed by atoms with van der Waals surface area (Å²) in [5.41, 5.74) is 4.52. The number of aromatic nitrogens is 5. The van der Waals surface area contributed by atoms with Crippen LogP contribution in [0.4, 0.5) is 0 Å². The molecule has 152 valence electrons. The standard InChI is InChI=1S/C22H22N6O2/c1-26-11-6-9-18(26)22(29)28-12-10-17-16(14-28)20(24-27(17)2)21-23-19(25-30-21)13-15-7-4-3-5-8-15/h3-9,11H,10,12-14H2,1-2H3. The Hall–Kier alpha value is -3.68. The van der Waals surface area contributed by atoms with Crippen LogP contribution in [0.25, 0.3) is 11.6 Å². The van der Waals surface area contributed by atoms with Crippen LogP contribution >= 0.6 is 0 Å². The summed E-state index contributed by atoms with van der Waals surface area (Å²) >= 11 is 0. The van der Waals surface area contributed by atoms with Crippen molar-refractivity contribution in [3.8, 4) is 11.6 Å². The van der Waals surface area contributed by atoms with Crippen LogP contribution in [0, 0.1) is 0 Å². The number of hydrogen-bond donors (Lipinski definition) is 0. The molecule has 0 unspecified atom stereocenters. The average molecular weight is 402 g/mol. The van der Waals surface area contributed by atoms with Gasteiger partial charge in [-0.15, -0.1) is 0 Å². The third kappa shape index (κ3) is 3.20. The van der Waals surface area contributed by atoms with E-state index in [0.29, 0.717) is 42.6 Å². The number of rotatable bonds is 4. The van der Waals surface area contributed by atoms with Crippen LogP contribution in [0.15, 0.2) is 53.2 Å². The topological polar surface area (TPSA) is 82.0 Å². The van der Waals surface area contributed by atoms with Crippen molar-refractivity contribution >= 4 is 5.91 Å². The zero-order chi connectivity index (χ0) is 20.7. The quantitative estimate of drug-likeness (QED) is 0.524. The van der Waals surface area contributed by atoms with E-state index in [0.717, 1.165) is 23.2 Å². The van der Waals surface area contributed by atoms with Gasteiger partial charge in [0.15, 0.2) is 11.5 Å². The second-order valence-electron chi connectivity index (χ2n) is 7.56. The number of hydrogen-bond acceptors (Lipinski definition) is 5. The van der Waals surface area contributed by atoms with Gasteiger partial charge in [-0.2, -0.15) is 10.1 Å². The maximum atomic E-state index is 13.0. The van der Waals surface area contributed by atoms with E-state index < -0.39 is 0 Å². The Labute approximate surface area is 173 Å². The molecule has 1 aromatic carbocycles. The summed E-state index contributed by atoms with van der Waals surface area (Å²) in [6.07, 6.45) is 3.21. The van der Waals surface area contributed by atoms with E-state index in [1.54, 1.807) is 0 Å². The zero-order valence-electron chi connectivity index (χ0n) is 16.9. The first-order valence-electron chi connectivity index (χ1n) is 9.92. The van der Waals surface area contributed by atoms with E-state index in [1.165, 1.54) is 0 Å². The Morgan fingerprint density at radius 2 is 1.97 bits per heavy atom. The third-order valence-electron chi connectivity index (χ3n) is 5.57. The van der Waals surface area contributed by atoms with Gasteiger partial charge in [0.05, 0.1) is 6.54 Å². The molecule has 0 bridgehead atoms. The SMILES string of the molecule is Cn1cccc1C(=O)N1CCc2c(c(-c3nc(Cc4ccccc4)no3)nn2C)C1. The van der Waals surface area contributed by atoms with Crippen molar-refractivity contribution in [2.24, 2.45) is 14.1 Å². The van der Waals surface area contributed by atoms with E-state index in [2.05, 4.69) is 15.2 Å². The fraction of sp³-hybridized carbons (Fsp3) is 0.273. The molecule has 0 fully saturated rings. The van der Waals surface area contributed by atoms with Crippen molar-refractivity contribution < 1.29 is 9.32 Å². The van der Waals surface area contributed by atoms with Gasteiger partial charge in [0.25, 0.3) is 11.8 Å². The van der Waals surface area contributed by atoms with E-state index in [4.69, 9.17) is 4.52 Å². The summed E-state index contributed by atoms with van der Waals surface area (Å²) in [7, 11) is 3.79. The van der Waals surface area contributed by atoms with Gasteiger partial charge in [0.2, 0.25) is 0 Å². The Bertz CT molecular complexity index is 1200. The molecule has 5 rings (SSSR count). The summed E-state index contributed by atoms with van der Waals surface area (Å²) in [5, 5.41) is 8.77. The Morgan fingerprint density at radius 3 is 2.73 bits per heavy atom. The molecule has 0 saturated heterocycles. The van der Waals surface area contributed by atoms with Crippen molar-refractivity contribution in [3.63, 3.8) is 0 Å². The van der Waals surface area contributed by atoms with Gasteiger partial charge in [-0.05, 0) is 17.7 Å². The number of carbonyl (C=O) groups excluding carboxylic acids is 1. The Kier molecular flexibility index (Phi) is 4.46. The molecule has 0 spiro atoms. The maximum absolute atomic E-state index is 13.0. The van der Waals surface area contributed by atoms with Crippen LogP contribution in [0.1, 0.15) is 33.1 Å². The van der Waals surface area contributed by atoms with E-state index in [1.807, 2.05) is 76.9 Å². The van der Waals surface area contributed by atoms with Crippen molar-refractivity contribution in [2.75, 3.05) is 6.54 Å². The van der Waals surface area contributed by atoms with Crippen molar-refractivity contribution in [3.05, 3.63) is 77.0 Å². The smallest absolute Gasteiger partial charge is 0.278 e. The first-order chi connectivity index (χ1) is 14.6. The molecule has 0 atom stereocenters. The average Bonchev–Trinajstić information content (AvgIpc) is 3.47. The molecule has 1 aliphatic rings. The second kappa shape index (κ2) is 7.29. The second-order valence-corrected chi connectivity index (χ2v) is 7.56. The van der Waals surface area contributed by atoms with E-state index in [9.17, 15) is 4.79 Å². The summed E-state index contributed by atoms with van der Waals surface area (Å²) in [6, 6.07) is 13.7. The lowest BCUT2D eigenvalue weighted by Crippen LogP contribution is -2.37. The molecule has 0 N–H and O–H groups in total. The number of amides is 1. The monoisotopic (exact) mass is 402 g/mol. The molecule has 4 aromatic rings. The Morgan fingerprint density at radius 1 is 1.13 bits per heavy atom. The van der Waals surface area contributed by atoms with Gasteiger partial charge in [-0.25, -0.2) is 0 Å². The first kappa shape index (κ1) is 18.4. The molecule has 0 aliphatic carbocycles. The lowest BCUT2D eigenvalue weighted by atomic mass is 10.0. The number of fused-ring (bicyclic) bond motifs is 1. The minimum Gasteiger partial charge on any atom is -0.347 e. The third-order valence-corrected chi connectivity index (χ3v) is 5.57. The van der Waals surface area contributed by atoms with Gasteiger partial charge in [-0.3, -0.25) is 9.48 Å². The van der Waals surface area contributed by atoms with Gasteiger partial charge >= 0.3 is 0 Å². The highest BCUT2D eigenvalue weighted by Gasteiger charge is 2.30. The molecule has 1 aliphatic heterocycles. The Balaban J connectivity index is 1.42.